The van der Waals surface area contributed by atoms with Crippen molar-refractivity contribution in [3.63, 3.8) is 0 Å². The van der Waals surface area contributed by atoms with Gasteiger partial charge in [0.15, 0.2) is 0 Å². The van der Waals surface area contributed by atoms with E-state index in [2.05, 4.69) is 34.1 Å². The number of H-pyrrole nitrogens is 1. The number of nitrogens with zero attached hydrogens (tertiary/aromatic N) is 3. The number of nitrogens with one attached hydrogen (secondary N) is 1. The lowest BCUT2D eigenvalue weighted by atomic mass is 10.1. The molecule has 7 nitrogen and oxygen atoms in total. The van der Waals surface area contributed by atoms with E-state index in [1.807, 2.05) is 4.90 Å². The highest BCUT2D eigenvalue weighted by atomic mass is 16.2. The van der Waals surface area contributed by atoms with E-state index in [4.69, 9.17) is 0 Å². The zero-order valence-corrected chi connectivity index (χ0v) is 15.3. The minimum Gasteiger partial charge on any atom is -0.340 e. The Morgan fingerprint density at radius 2 is 1.67 bits per heavy atom. The van der Waals surface area contributed by atoms with Crippen molar-refractivity contribution in [2.75, 3.05) is 26.2 Å². The molecule has 1 saturated heterocycles. The molecule has 2 aromatic rings. The summed E-state index contributed by atoms with van der Waals surface area (Å²) in [6.07, 6.45) is 3.89. The third kappa shape index (κ3) is 3.88. The molecule has 4 rings (SSSR count). The summed E-state index contributed by atoms with van der Waals surface area (Å²) >= 11 is 0. The van der Waals surface area contributed by atoms with Crippen molar-refractivity contribution in [1.82, 2.24) is 19.4 Å². The van der Waals surface area contributed by atoms with Crippen LogP contribution in [0.5, 0.6) is 0 Å². The lowest BCUT2D eigenvalue weighted by Crippen LogP contribution is -2.52. The normalized spacial score (nSPS) is 17.9. The van der Waals surface area contributed by atoms with Gasteiger partial charge in [-0.1, -0.05) is 24.3 Å². The molecule has 1 aromatic carbocycles. The van der Waals surface area contributed by atoms with Gasteiger partial charge in [-0.25, -0.2) is 4.79 Å². The van der Waals surface area contributed by atoms with Crippen LogP contribution in [0.2, 0.25) is 0 Å². The second-order valence-electron chi connectivity index (χ2n) is 7.30. The smallest absolute Gasteiger partial charge is 0.328 e. The average Bonchev–Trinajstić information content (AvgIpc) is 3.11. The zero-order valence-electron chi connectivity index (χ0n) is 15.3. The molecular weight excluding hydrogens is 344 g/mol. The quantitative estimate of drug-likeness (QED) is 0.839. The summed E-state index contributed by atoms with van der Waals surface area (Å²) in [5.74, 6) is 0.0578. The van der Waals surface area contributed by atoms with Crippen LogP contribution in [0.4, 0.5) is 0 Å². The van der Waals surface area contributed by atoms with Crippen LogP contribution in [0.1, 0.15) is 17.5 Å². The van der Waals surface area contributed by atoms with Crippen molar-refractivity contribution >= 4 is 5.91 Å². The van der Waals surface area contributed by atoms with Crippen LogP contribution < -0.4 is 11.2 Å². The first-order valence-electron chi connectivity index (χ1n) is 9.48. The predicted octanol–water partition coefficient (Wildman–Crippen LogP) is 0.238. The zero-order chi connectivity index (χ0) is 18.8. The summed E-state index contributed by atoms with van der Waals surface area (Å²) < 4.78 is 1.37. The predicted molar refractivity (Wildman–Crippen MR) is 102 cm³/mol. The second-order valence-corrected chi connectivity index (χ2v) is 7.30. The van der Waals surface area contributed by atoms with Gasteiger partial charge in [0.05, 0.1) is 0 Å². The maximum Gasteiger partial charge on any atom is 0.328 e. The van der Waals surface area contributed by atoms with Gasteiger partial charge in [-0.3, -0.25) is 19.5 Å². The Morgan fingerprint density at radius 1 is 1.00 bits per heavy atom. The van der Waals surface area contributed by atoms with Gasteiger partial charge in [0.1, 0.15) is 0 Å². The van der Waals surface area contributed by atoms with Crippen molar-refractivity contribution in [2.24, 2.45) is 0 Å². The van der Waals surface area contributed by atoms with E-state index in [0.717, 1.165) is 39.0 Å². The van der Waals surface area contributed by atoms with E-state index in [-0.39, 0.29) is 18.9 Å². The Bertz CT molecular complexity index is 915. The lowest BCUT2D eigenvalue weighted by molar-refractivity contribution is -0.133. The number of amides is 1. The molecule has 27 heavy (non-hydrogen) atoms. The molecule has 0 radical (unpaired) electrons. The first kappa shape index (κ1) is 17.7. The summed E-state index contributed by atoms with van der Waals surface area (Å²) in [5.41, 5.74) is 2.01. The summed E-state index contributed by atoms with van der Waals surface area (Å²) in [6, 6.07) is 10.5. The van der Waals surface area contributed by atoms with Crippen LogP contribution in [0.3, 0.4) is 0 Å². The number of benzene rings is 1. The molecular formula is C20H24N4O3. The van der Waals surface area contributed by atoms with Crippen LogP contribution >= 0.6 is 0 Å². The summed E-state index contributed by atoms with van der Waals surface area (Å²) in [5, 5.41) is 0. The number of aryl methyl sites for hydroxylation is 1. The van der Waals surface area contributed by atoms with E-state index in [1.54, 1.807) is 0 Å². The Kier molecular flexibility index (Phi) is 4.94. The van der Waals surface area contributed by atoms with E-state index >= 15 is 0 Å². The fourth-order valence-corrected chi connectivity index (χ4v) is 4.12. The number of aromatic nitrogens is 2. The third-order valence-electron chi connectivity index (χ3n) is 5.68. The van der Waals surface area contributed by atoms with E-state index < -0.39 is 11.2 Å². The van der Waals surface area contributed by atoms with Gasteiger partial charge in [-0.15, -0.1) is 0 Å². The van der Waals surface area contributed by atoms with E-state index in [1.165, 1.54) is 28.0 Å². The largest absolute Gasteiger partial charge is 0.340 e. The molecule has 1 aliphatic carbocycles. The molecule has 1 aromatic heterocycles. The number of fused-ring (bicyclic) bond motifs is 1. The van der Waals surface area contributed by atoms with Gasteiger partial charge >= 0.3 is 5.69 Å². The lowest BCUT2D eigenvalue weighted by Gasteiger charge is -2.38. The summed E-state index contributed by atoms with van der Waals surface area (Å²) in [7, 11) is 0. The molecule has 1 N–H and O–H groups in total. The fourth-order valence-electron chi connectivity index (χ4n) is 4.12. The molecule has 142 valence electrons. The Hall–Kier alpha value is -2.67. The fraction of sp³-hybridized carbons (Fsp3) is 0.450. The SMILES string of the molecule is O=C(CCn1ccc(=O)[nH]c1=O)N1CCN(C2Cc3ccccc3C2)CC1. The molecule has 1 amide bonds. The average molecular weight is 368 g/mol. The molecule has 2 heterocycles. The molecule has 1 aliphatic heterocycles. The van der Waals surface area contributed by atoms with Crippen LogP contribution in [-0.2, 0) is 24.2 Å². The van der Waals surface area contributed by atoms with Crippen LogP contribution in [0.25, 0.3) is 0 Å². The maximum atomic E-state index is 12.5. The molecule has 2 aliphatic rings. The highest BCUT2D eigenvalue weighted by Gasteiger charge is 2.30. The highest BCUT2D eigenvalue weighted by Crippen LogP contribution is 2.26. The standard InChI is InChI=1S/C20H24N4O3/c25-18-5-7-24(20(27)21-18)8-6-19(26)23-11-9-22(10-12-23)17-13-15-3-1-2-4-16(15)14-17/h1-5,7,17H,6,8-14H2,(H,21,25,27). The Morgan fingerprint density at radius 3 is 2.30 bits per heavy atom. The number of carbonyl (C=O) groups is 1. The molecule has 0 spiro atoms. The Labute approximate surface area is 157 Å². The molecule has 0 saturated carbocycles. The maximum absolute atomic E-state index is 12.5. The number of aromatic amines is 1. The van der Waals surface area contributed by atoms with Gasteiger partial charge < -0.3 is 9.47 Å². The van der Waals surface area contributed by atoms with Gasteiger partial charge in [0.2, 0.25) is 5.91 Å². The highest BCUT2D eigenvalue weighted by molar-refractivity contribution is 5.76. The van der Waals surface area contributed by atoms with Crippen LogP contribution in [-0.4, -0.2) is 57.5 Å². The minimum atomic E-state index is -0.471. The van der Waals surface area contributed by atoms with E-state index in [9.17, 15) is 14.4 Å². The van der Waals surface area contributed by atoms with Gasteiger partial charge in [-0.05, 0) is 24.0 Å². The summed E-state index contributed by atoms with van der Waals surface area (Å²) in [6.45, 7) is 3.52. The number of rotatable bonds is 4. The molecule has 0 unspecified atom stereocenters. The first-order valence-corrected chi connectivity index (χ1v) is 9.48. The number of piperazine rings is 1. The molecule has 7 heteroatoms. The topological polar surface area (TPSA) is 78.4 Å². The monoisotopic (exact) mass is 368 g/mol. The van der Waals surface area contributed by atoms with Gasteiger partial charge in [0, 0.05) is 57.4 Å². The molecule has 0 atom stereocenters. The number of hydrogen-bond acceptors (Lipinski definition) is 4. The van der Waals surface area contributed by atoms with Crippen molar-refractivity contribution in [1.29, 1.82) is 0 Å². The number of hydrogen-bond donors (Lipinski definition) is 1. The first-order chi connectivity index (χ1) is 13.1. The summed E-state index contributed by atoms with van der Waals surface area (Å²) in [4.78, 5) is 41.8. The molecule has 1 fully saturated rings. The Balaban J connectivity index is 1.27. The van der Waals surface area contributed by atoms with Crippen molar-refractivity contribution < 1.29 is 4.79 Å². The van der Waals surface area contributed by atoms with Crippen LogP contribution in [0, 0.1) is 0 Å². The van der Waals surface area contributed by atoms with Gasteiger partial charge in [0.25, 0.3) is 5.56 Å². The van der Waals surface area contributed by atoms with Gasteiger partial charge in [-0.2, -0.15) is 0 Å². The van der Waals surface area contributed by atoms with Crippen molar-refractivity contribution in [2.45, 2.75) is 31.8 Å². The second kappa shape index (κ2) is 7.52. The number of carbonyl (C=O) groups excluding carboxylic acids is 1. The van der Waals surface area contributed by atoms with Crippen LogP contribution in [0.15, 0.2) is 46.1 Å². The molecule has 0 bridgehead atoms. The third-order valence-corrected chi connectivity index (χ3v) is 5.68. The van der Waals surface area contributed by atoms with E-state index in [0.29, 0.717) is 6.04 Å². The van der Waals surface area contributed by atoms with Crippen molar-refractivity contribution in [3.8, 4) is 0 Å². The minimum absolute atomic E-state index is 0.0578. The van der Waals surface area contributed by atoms with Crippen molar-refractivity contribution in [3.05, 3.63) is 68.5 Å².